The molecule has 0 bridgehead atoms. The van der Waals surface area contributed by atoms with Gasteiger partial charge in [-0.2, -0.15) is 0 Å². The molecule has 0 radical (unpaired) electrons. The number of imide groups is 1. The van der Waals surface area contributed by atoms with Gasteiger partial charge in [0.15, 0.2) is 6.61 Å². The molecule has 4 rings (SSSR count). The Labute approximate surface area is 214 Å². The highest BCUT2D eigenvalue weighted by Crippen LogP contribution is 2.43. The van der Waals surface area contributed by atoms with Crippen molar-refractivity contribution in [1.29, 1.82) is 0 Å². The molecule has 2 aromatic carbocycles. The van der Waals surface area contributed by atoms with Crippen LogP contribution in [-0.4, -0.2) is 41.1 Å². The first kappa shape index (κ1) is 24.7. The number of ether oxygens (including phenoxy) is 1. The molecule has 1 saturated heterocycles. The zero-order chi connectivity index (χ0) is 24.6. The van der Waals surface area contributed by atoms with Crippen molar-refractivity contribution in [3.05, 3.63) is 58.1 Å². The number of rotatable bonds is 5. The molecule has 4 atom stereocenters. The first-order chi connectivity index (χ1) is 16.2. The Kier molecular flexibility index (Phi) is 7.31. The van der Waals surface area contributed by atoms with Crippen LogP contribution in [0.2, 0.25) is 0 Å². The zero-order valence-electron chi connectivity index (χ0n) is 18.1. The third-order valence-corrected chi connectivity index (χ3v) is 8.01. The standard InChI is InChI=1S/C24H21BrCl2N2O5/c1-12-7-14(5-6-18(12)25)28-21(30)11-34-24(33)13-3-2-4-15(8-13)29-22(31)16-9-19(26)20(27)10-17(16)23(29)32/h2-8,16-17,19-20H,9-11H2,1H3,(H,28,30)/t16-,17+,19-,20-/m0/s1. The quantitative estimate of drug-likeness (QED) is 0.322. The lowest BCUT2D eigenvalue weighted by molar-refractivity contribution is -0.122. The van der Waals surface area contributed by atoms with Gasteiger partial charge in [0.2, 0.25) is 11.8 Å². The van der Waals surface area contributed by atoms with Crippen molar-refractivity contribution in [3.63, 3.8) is 0 Å². The van der Waals surface area contributed by atoms with Crippen molar-refractivity contribution in [2.45, 2.75) is 30.5 Å². The summed E-state index contributed by atoms with van der Waals surface area (Å²) >= 11 is 15.8. The van der Waals surface area contributed by atoms with E-state index < -0.39 is 30.3 Å². The highest BCUT2D eigenvalue weighted by Gasteiger charge is 2.52. The maximum atomic E-state index is 12.9. The number of hydrogen-bond acceptors (Lipinski definition) is 5. The summed E-state index contributed by atoms with van der Waals surface area (Å²) in [6, 6.07) is 11.3. The number of esters is 1. The Balaban J connectivity index is 1.41. The van der Waals surface area contributed by atoms with Gasteiger partial charge in [-0.25, -0.2) is 4.79 Å². The zero-order valence-corrected chi connectivity index (χ0v) is 21.2. The van der Waals surface area contributed by atoms with Crippen molar-refractivity contribution in [2.75, 3.05) is 16.8 Å². The summed E-state index contributed by atoms with van der Waals surface area (Å²) in [7, 11) is 0. The Morgan fingerprint density at radius 1 is 1.06 bits per heavy atom. The summed E-state index contributed by atoms with van der Waals surface area (Å²) in [5, 5.41) is 1.90. The number of nitrogens with one attached hydrogen (secondary N) is 1. The molecule has 1 saturated carbocycles. The summed E-state index contributed by atoms with van der Waals surface area (Å²) < 4.78 is 6.04. The number of anilines is 2. The number of amides is 3. The van der Waals surface area contributed by atoms with E-state index in [0.717, 1.165) is 14.9 Å². The molecule has 1 heterocycles. The van der Waals surface area contributed by atoms with Crippen molar-refractivity contribution in [1.82, 2.24) is 0 Å². The number of halogens is 3. The molecule has 0 unspecified atom stereocenters. The van der Waals surface area contributed by atoms with Gasteiger partial charge in [-0.3, -0.25) is 19.3 Å². The molecule has 1 aliphatic heterocycles. The summed E-state index contributed by atoms with van der Waals surface area (Å²) in [4.78, 5) is 51.7. The molecule has 0 aromatic heterocycles. The summed E-state index contributed by atoms with van der Waals surface area (Å²) in [5.74, 6) is -2.98. The number of aryl methyl sites for hydroxylation is 1. The van der Waals surface area contributed by atoms with Gasteiger partial charge < -0.3 is 10.1 Å². The van der Waals surface area contributed by atoms with Crippen molar-refractivity contribution in [2.24, 2.45) is 11.8 Å². The fourth-order valence-corrected chi connectivity index (χ4v) is 5.09. The molecular formula is C24H21BrCl2N2O5. The van der Waals surface area contributed by atoms with Crippen molar-refractivity contribution < 1.29 is 23.9 Å². The van der Waals surface area contributed by atoms with Crippen LogP contribution in [0.4, 0.5) is 11.4 Å². The number of hydrogen-bond donors (Lipinski definition) is 1. The van der Waals surface area contributed by atoms with Crippen LogP contribution in [0, 0.1) is 18.8 Å². The predicted octanol–water partition coefficient (Wildman–Crippen LogP) is 4.67. The average Bonchev–Trinajstić information content (AvgIpc) is 3.04. The fraction of sp³-hybridized carbons (Fsp3) is 0.333. The maximum Gasteiger partial charge on any atom is 0.338 e. The van der Waals surface area contributed by atoms with E-state index in [0.29, 0.717) is 18.5 Å². The average molecular weight is 568 g/mol. The number of fused-ring (bicyclic) bond motifs is 1. The molecule has 3 amide bonds. The van der Waals surface area contributed by atoms with Gasteiger partial charge in [-0.15, -0.1) is 23.2 Å². The van der Waals surface area contributed by atoms with E-state index in [4.69, 9.17) is 27.9 Å². The molecule has 1 N–H and O–H groups in total. The smallest absolute Gasteiger partial charge is 0.338 e. The van der Waals surface area contributed by atoms with Crippen LogP contribution in [0.1, 0.15) is 28.8 Å². The van der Waals surface area contributed by atoms with E-state index in [9.17, 15) is 19.2 Å². The van der Waals surface area contributed by atoms with Crippen LogP contribution in [0.15, 0.2) is 46.9 Å². The lowest BCUT2D eigenvalue weighted by Gasteiger charge is -2.28. The van der Waals surface area contributed by atoms with Crippen LogP contribution in [-0.2, 0) is 19.1 Å². The van der Waals surface area contributed by atoms with Crippen LogP contribution >= 0.6 is 39.1 Å². The molecule has 34 heavy (non-hydrogen) atoms. The number of nitrogens with zero attached hydrogens (tertiary/aromatic N) is 1. The second-order valence-corrected chi connectivity index (χ2v) is 10.3. The third-order valence-electron chi connectivity index (χ3n) is 6.03. The van der Waals surface area contributed by atoms with Crippen molar-refractivity contribution in [3.8, 4) is 0 Å². The minimum atomic E-state index is -0.748. The first-order valence-electron chi connectivity index (χ1n) is 10.6. The van der Waals surface area contributed by atoms with Gasteiger partial charge in [0, 0.05) is 10.2 Å². The van der Waals surface area contributed by atoms with Crippen LogP contribution in [0.25, 0.3) is 0 Å². The number of alkyl halides is 2. The highest BCUT2D eigenvalue weighted by molar-refractivity contribution is 9.10. The topological polar surface area (TPSA) is 92.8 Å². The normalized spacial score (nSPS) is 24.1. The van der Waals surface area contributed by atoms with Gasteiger partial charge in [-0.1, -0.05) is 22.0 Å². The lowest BCUT2D eigenvalue weighted by atomic mass is 9.80. The monoisotopic (exact) mass is 566 g/mol. The Bertz CT molecular complexity index is 1150. The summed E-state index contributed by atoms with van der Waals surface area (Å²) in [6.45, 7) is 1.40. The van der Waals surface area contributed by atoms with Crippen LogP contribution in [0.3, 0.4) is 0 Å². The van der Waals surface area contributed by atoms with Gasteiger partial charge in [0.05, 0.1) is 33.8 Å². The Morgan fingerprint density at radius 2 is 1.71 bits per heavy atom. The lowest BCUT2D eigenvalue weighted by Crippen LogP contribution is -2.34. The third kappa shape index (κ3) is 4.99. The number of benzene rings is 2. The maximum absolute atomic E-state index is 12.9. The molecule has 2 fully saturated rings. The second-order valence-electron chi connectivity index (χ2n) is 8.37. The molecule has 10 heteroatoms. The predicted molar refractivity (Wildman–Crippen MR) is 132 cm³/mol. The van der Waals surface area contributed by atoms with Crippen LogP contribution < -0.4 is 10.2 Å². The van der Waals surface area contributed by atoms with E-state index in [2.05, 4.69) is 21.2 Å². The van der Waals surface area contributed by atoms with E-state index >= 15 is 0 Å². The molecule has 7 nitrogen and oxygen atoms in total. The van der Waals surface area contributed by atoms with E-state index in [1.807, 2.05) is 6.92 Å². The van der Waals surface area contributed by atoms with E-state index in [1.54, 1.807) is 30.3 Å². The SMILES string of the molecule is Cc1cc(NC(=O)COC(=O)c2cccc(N3C(=O)[C@H]4C[C@H](Cl)[C@@H](Cl)C[C@H]4C3=O)c2)ccc1Br. The minimum Gasteiger partial charge on any atom is -0.452 e. The van der Waals surface area contributed by atoms with Gasteiger partial charge in [-0.05, 0) is 61.7 Å². The number of carbonyl (C=O) groups is 4. The molecule has 178 valence electrons. The van der Waals surface area contributed by atoms with E-state index in [-0.39, 0.29) is 33.8 Å². The van der Waals surface area contributed by atoms with Gasteiger partial charge >= 0.3 is 5.97 Å². The Hall–Kier alpha value is -2.42. The highest BCUT2D eigenvalue weighted by atomic mass is 79.9. The fourth-order valence-electron chi connectivity index (χ4n) is 4.26. The molecular weight excluding hydrogens is 547 g/mol. The Morgan fingerprint density at radius 3 is 2.32 bits per heavy atom. The molecule has 2 aliphatic rings. The number of carbonyl (C=O) groups excluding carboxylic acids is 4. The van der Waals surface area contributed by atoms with Gasteiger partial charge in [0.25, 0.3) is 5.91 Å². The first-order valence-corrected chi connectivity index (χ1v) is 12.3. The van der Waals surface area contributed by atoms with E-state index in [1.165, 1.54) is 12.1 Å². The second kappa shape index (κ2) is 10.1. The molecule has 2 aromatic rings. The minimum absolute atomic E-state index is 0.116. The molecule has 1 aliphatic carbocycles. The summed E-state index contributed by atoms with van der Waals surface area (Å²) in [5.41, 5.74) is 1.91. The van der Waals surface area contributed by atoms with Crippen LogP contribution in [0.5, 0.6) is 0 Å². The molecule has 0 spiro atoms. The van der Waals surface area contributed by atoms with Crippen molar-refractivity contribution >= 4 is 74.2 Å². The van der Waals surface area contributed by atoms with Gasteiger partial charge in [0.1, 0.15) is 0 Å². The summed E-state index contributed by atoms with van der Waals surface area (Å²) in [6.07, 6.45) is 0.659. The largest absolute Gasteiger partial charge is 0.452 e.